The second-order valence-electron chi connectivity index (χ2n) is 3.29. The summed E-state index contributed by atoms with van der Waals surface area (Å²) in [6.45, 7) is 6.15. The van der Waals surface area contributed by atoms with Crippen LogP contribution >= 0.6 is 0 Å². The summed E-state index contributed by atoms with van der Waals surface area (Å²) in [6, 6.07) is 0. The maximum absolute atomic E-state index is 8.24. The molecule has 0 heterocycles. The van der Waals surface area contributed by atoms with Crippen molar-refractivity contribution < 1.29 is 24.1 Å². The maximum atomic E-state index is 8.24. The molecule has 0 saturated heterocycles. The van der Waals surface area contributed by atoms with E-state index in [4.69, 9.17) is 24.1 Å². The Morgan fingerprint density at radius 3 is 1.71 bits per heavy atom. The molecule has 0 amide bonds. The average molecular weight is 252 g/mol. The first-order chi connectivity index (χ1) is 8.33. The van der Waals surface area contributed by atoms with Crippen molar-refractivity contribution in [1.82, 2.24) is 0 Å². The topological polar surface area (TPSA) is 57.2 Å². The molecule has 0 fully saturated rings. The van der Waals surface area contributed by atoms with Gasteiger partial charge in [-0.25, -0.2) is 0 Å². The van der Waals surface area contributed by atoms with Crippen molar-refractivity contribution in [2.45, 2.75) is 19.8 Å². The van der Waals surface area contributed by atoms with Crippen molar-refractivity contribution in [2.75, 3.05) is 60.5 Å². The molecule has 0 aromatic carbocycles. The van der Waals surface area contributed by atoms with Crippen LogP contribution in [0.2, 0.25) is 0 Å². The van der Waals surface area contributed by atoms with Gasteiger partial charge in [0, 0.05) is 20.8 Å². The summed E-state index contributed by atoms with van der Waals surface area (Å²) < 4.78 is 19.6. The number of ether oxygens (including phenoxy) is 4. The van der Waals surface area contributed by atoms with Gasteiger partial charge in [-0.05, 0) is 6.42 Å². The van der Waals surface area contributed by atoms with Crippen molar-refractivity contribution in [1.29, 1.82) is 0 Å². The Kier molecular flexibility index (Phi) is 23.8. The molecule has 0 atom stereocenters. The van der Waals surface area contributed by atoms with Crippen LogP contribution in [-0.2, 0) is 18.9 Å². The number of hydrogen-bond donors (Lipinski definition) is 1. The molecular formula is C12H28O5. The Hall–Kier alpha value is -0.200. The summed E-state index contributed by atoms with van der Waals surface area (Å²) in [6.07, 6.45) is 2.26. The highest BCUT2D eigenvalue weighted by atomic mass is 16.5. The third-order valence-electron chi connectivity index (χ3n) is 1.74. The number of rotatable bonds is 11. The Labute approximate surface area is 105 Å². The van der Waals surface area contributed by atoms with Gasteiger partial charge >= 0.3 is 0 Å². The van der Waals surface area contributed by atoms with Gasteiger partial charge in [-0.3, -0.25) is 0 Å². The van der Waals surface area contributed by atoms with E-state index in [1.807, 2.05) is 0 Å². The largest absolute Gasteiger partial charge is 0.394 e. The molecule has 0 unspecified atom stereocenters. The lowest BCUT2D eigenvalue weighted by atomic mass is 10.4. The highest BCUT2D eigenvalue weighted by Crippen LogP contribution is 1.85. The van der Waals surface area contributed by atoms with Gasteiger partial charge in [-0.2, -0.15) is 0 Å². The van der Waals surface area contributed by atoms with Crippen LogP contribution in [0.25, 0.3) is 0 Å². The molecule has 0 aromatic heterocycles. The lowest BCUT2D eigenvalue weighted by Crippen LogP contribution is -2.06. The Balaban J connectivity index is 0. The summed E-state index contributed by atoms with van der Waals surface area (Å²) in [5, 5.41) is 8.24. The zero-order valence-electron chi connectivity index (χ0n) is 11.4. The van der Waals surface area contributed by atoms with E-state index in [-0.39, 0.29) is 6.61 Å². The number of unbranched alkanes of at least 4 members (excludes halogenated alkanes) is 1. The molecule has 0 spiro atoms. The second kappa shape index (κ2) is 21.1. The lowest BCUT2D eigenvalue weighted by Gasteiger charge is -2.00. The summed E-state index contributed by atoms with van der Waals surface area (Å²) in [5.41, 5.74) is 0. The zero-order valence-corrected chi connectivity index (χ0v) is 11.4. The number of aliphatic hydroxyl groups excluding tert-OH is 1. The van der Waals surface area contributed by atoms with Crippen molar-refractivity contribution in [3.63, 3.8) is 0 Å². The third kappa shape index (κ3) is 25.8. The minimum absolute atomic E-state index is 0.143. The molecule has 5 nitrogen and oxygen atoms in total. The standard InChI is InChI=1S/C6H14O3.C6H14O2/c1-7-3-5-9-6-4-8-2;1-2-3-5-8-6-4-7/h3-6H2,1-2H3;7H,2-6H2,1H3. The Morgan fingerprint density at radius 2 is 1.29 bits per heavy atom. The molecule has 106 valence electrons. The first-order valence-corrected chi connectivity index (χ1v) is 6.07. The SMILES string of the molecule is CCCCOCCO.COCCOCCOC. The molecule has 0 aromatic rings. The number of methoxy groups -OCH3 is 2. The van der Waals surface area contributed by atoms with Gasteiger partial charge in [0.2, 0.25) is 0 Å². The number of hydrogen-bond acceptors (Lipinski definition) is 5. The van der Waals surface area contributed by atoms with E-state index in [0.717, 1.165) is 19.4 Å². The maximum Gasteiger partial charge on any atom is 0.0701 e. The fraction of sp³-hybridized carbons (Fsp3) is 1.00. The van der Waals surface area contributed by atoms with E-state index >= 15 is 0 Å². The quantitative estimate of drug-likeness (QED) is 0.558. The third-order valence-corrected chi connectivity index (χ3v) is 1.74. The second-order valence-corrected chi connectivity index (χ2v) is 3.29. The highest BCUT2D eigenvalue weighted by molar-refractivity contribution is 4.30. The van der Waals surface area contributed by atoms with Gasteiger partial charge in [0.15, 0.2) is 0 Å². The van der Waals surface area contributed by atoms with E-state index in [2.05, 4.69) is 6.92 Å². The molecule has 17 heavy (non-hydrogen) atoms. The number of aliphatic hydroxyl groups is 1. The minimum atomic E-state index is 0.143. The first kappa shape index (κ1) is 19.1. The van der Waals surface area contributed by atoms with Crippen molar-refractivity contribution in [2.24, 2.45) is 0 Å². The summed E-state index contributed by atoms with van der Waals surface area (Å²) >= 11 is 0. The fourth-order valence-corrected chi connectivity index (χ4v) is 0.800. The molecule has 0 aliphatic heterocycles. The molecule has 0 rings (SSSR count). The van der Waals surface area contributed by atoms with Gasteiger partial charge in [0.05, 0.1) is 39.6 Å². The van der Waals surface area contributed by atoms with Crippen LogP contribution in [-0.4, -0.2) is 65.6 Å². The molecule has 0 saturated carbocycles. The van der Waals surface area contributed by atoms with Gasteiger partial charge in [0.25, 0.3) is 0 Å². The Bertz CT molecular complexity index is 99.1. The van der Waals surface area contributed by atoms with Crippen LogP contribution in [0.3, 0.4) is 0 Å². The molecule has 0 aliphatic rings. The summed E-state index contributed by atoms with van der Waals surface area (Å²) in [5.74, 6) is 0. The van der Waals surface area contributed by atoms with E-state index in [1.54, 1.807) is 14.2 Å². The molecule has 0 bridgehead atoms. The van der Waals surface area contributed by atoms with Crippen LogP contribution in [0.5, 0.6) is 0 Å². The molecule has 0 radical (unpaired) electrons. The normalized spacial score (nSPS) is 9.88. The monoisotopic (exact) mass is 252 g/mol. The summed E-state index contributed by atoms with van der Waals surface area (Å²) in [4.78, 5) is 0. The van der Waals surface area contributed by atoms with Gasteiger partial charge in [-0.15, -0.1) is 0 Å². The lowest BCUT2D eigenvalue weighted by molar-refractivity contribution is 0.0385. The van der Waals surface area contributed by atoms with Crippen molar-refractivity contribution in [3.8, 4) is 0 Å². The molecule has 5 heteroatoms. The van der Waals surface area contributed by atoms with Gasteiger partial charge in [-0.1, -0.05) is 13.3 Å². The van der Waals surface area contributed by atoms with E-state index in [9.17, 15) is 0 Å². The Morgan fingerprint density at radius 1 is 0.765 bits per heavy atom. The molecular weight excluding hydrogens is 224 g/mol. The van der Waals surface area contributed by atoms with Crippen LogP contribution in [0.4, 0.5) is 0 Å². The van der Waals surface area contributed by atoms with Crippen LogP contribution in [0.15, 0.2) is 0 Å². The summed E-state index contributed by atoms with van der Waals surface area (Å²) in [7, 11) is 3.30. The van der Waals surface area contributed by atoms with Crippen molar-refractivity contribution >= 4 is 0 Å². The van der Waals surface area contributed by atoms with E-state index < -0.39 is 0 Å². The first-order valence-electron chi connectivity index (χ1n) is 6.07. The predicted octanol–water partition coefficient (Wildman–Crippen LogP) is 1.09. The minimum Gasteiger partial charge on any atom is -0.394 e. The van der Waals surface area contributed by atoms with Gasteiger partial charge in [0.1, 0.15) is 0 Å². The van der Waals surface area contributed by atoms with Crippen LogP contribution in [0.1, 0.15) is 19.8 Å². The molecule has 1 N–H and O–H groups in total. The van der Waals surface area contributed by atoms with Crippen molar-refractivity contribution in [3.05, 3.63) is 0 Å². The predicted molar refractivity (Wildman–Crippen MR) is 67.4 cm³/mol. The van der Waals surface area contributed by atoms with Crippen LogP contribution in [0, 0.1) is 0 Å². The average Bonchev–Trinajstić information content (AvgIpc) is 2.36. The smallest absolute Gasteiger partial charge is 0.0701 e. The van der Waals surface area contributed by atoms with E-state index in [1.165, 1.54) is 0 Å². The zero-order chi connectivity index (χ0) is 13.2. The van der Waals surface area contributed by atoms with E-state index in [0.29, 0.717) is 33.0 Å². The molecule has 0 aliphatic carbocycles. The van der Waals surface area contributed by atoms with Gasteiger partial charge < -0.3 is 24.1 Å². The highest BCUT2D eigenvalue weighted by Gasteiger charge is 1.84. The fourth-order valence-electron chi connectivity index (χ4n) is 0.800. The van der Waals surface area contributed by atoms with Crippen LogP contribution < -0.4 is 0 Å².